The minimum Gasteiger partial charge on any atom is -0.390 e. The molecule has 11 heavy (non-hydrogen) atoms. The Hall–Kier alpha value is -0.0151. The molecule has 0 saturated carbocycles. The molecule has 0 bridgehead atoms. The third kappa shape index (κ3) is 3.78. The molecule has 2 atom stereocenters. The third-order valence-electron chi connectivity index (χ3n) is 2.36. The molecule has 2 nitrogen and oxygen atoms in total. The lowest BCUT2D eigenvalue weighted by Crippen LogP contribution is -2.32. The summed E-state index contributed by atoms with van der Waals surface area (Å²) in [6, 6.07) is 0.278. The molecule has 0 heterocycles. The van der Waals surface area contributed by atoms with Crippen molar-refractivity contribution in [1.82, 2.24) is 0 Å². The van der Waals surface area contributed by atoms with Crippen LogP contribution in [0.25, 0.3) is 0 Å². The van der Waals surface area contributed by atoms with Gasteiger partial charge in [-0.05, 0) is 19.8 Å². The van der Waals surface area contributed by atoms with E-state index < -0.39 is 0 Å². The van der Waals surface area contributed by atoms with Crippen molar-refractivity contribution in [2.24, 2.45) is 0 Å². The van der Waals surface area contributed by atoms with Crippen LogP contribution in [-0.2, 0) is 9.47 Å². The van der Waals surface area contributed by atoms with Crippen LogP contribution >= 0.6 is 0 Å². The summed E-state index contributed by atoms with van der Waals surface area (Å²) < 4.78 is 10.5. The molecule has 0 N–H and O–H groups in total. The Balaban J connectivity index is 3.86. The molecule has 0 aromatic heterocycles. The lowest BCUT2D eigenvalue weighted by molar-refractivity contribution is -0.0285. The summed E-state index contributed by atoms with van der Waals surface area (Å²) in [5.74, 6) is 0. The van der Waals surface area contributed by atoms with Gasteiger partial charge in [0.2, 0.25) is 0 Å². The minimum absolute atomic E-state index is 0.0184. The minimum atomic E-state index is -0.0184. The molecule has 66 valence electrons. The van der Waals surface area contributed by atoms with Gasteiger partial charge >= 0.3 is 0 Å². The van der Waals surface area contributed by atoms with Crippen molar-refractivity contribution in [3.05, 3.63) is 0 Å². The van der Waals surface area contributed by atoms with Crippen LogP contribution in [0.3, 0.4) is 0 Å². The van der Waals surface area contributed by atoms with Crippen molar-refractivity contribution in [3.8, 4) is 0 Å². The van der Waals surface area contributed by atoms with Gasteiger partial charge in [-0.3, -0.25) is 0 Å². The van der Waals surface area contributed by atoms with Crippen LogP contribution in [0.15, 0.2) is 0 Å². The third-order valence-corrected chi connectivity index (χ3v) is 2.36. The van der Waals surface area contributed by atoms with E-state index in [0.717, 1.165) is 12.8 Å². The van der Waals surface area contributed by atoms with Crippen LogP contribution in [-0.4, -0.2) is 33.7 Å². The van der Waals surface area contributed by atoms with Crippen LogP contribution in [0.2, 0.25) is 0 Å². The Morgan fingerprint density at radius 1 is 1.45 bits per heavy atom. The maximum Gasteiger partial charge on any atom is 0.139 e. The van der Waals surface area contributed by atoms with E-state index in [0.29, 0.717) is 0 Å². The van der Waals surface area contributed by atoms with Gasteiger partial charge in [0.15, 0.2) is 0 Å². The van der Waals surface area contributed by atoms with Crippen molar-refractivity contribution >= 4 is 7.85 Å². The van der Waals surface area contributed by atoms with E-state index in [-0.39, 0.29) is 11.6 Å². The first kappa shape index (κ1) is 11.0. The van der Waals surface area contributed by atoms with Gasteiger partial charge in [-0.2, -0.15) is 0 Å². The Labute approximate surface area is 70.7 Å². The molecular weight excluding hydrogens is 139 g/mol. The predicted molar refractivity (Wildman–Crippen MR) is 49.7 cm³/mol. The van der Waals surface area contributed by atoms with Crippen LogP contribution < -0.4 is 0 Å². The van der Waals surface area contributed by atoms with E-state index in [4.69, 9.17) is 9.47 Å². The molecule has 0 spiro atoms. The van der Waals surface area contributed by atoms with Gasteiger partial charge in [-0.25, -0.2) is 0 Å². The SMILES string of the molecule is BC(C[C@](C)(CC)OC)OC. The lowest BCUT2D eigenvalue weighted by atomic mass is 9.86. The van der Waals surface area contributed by atoms with Crippen molar-refractivity contribution < 1.29 is 9.47 Å². The molecule has 3 heteroatoms. The maximum absolute atomic E-state index is 5.38. The Bertz CT molecular complexity index is 102. The summed E-state index contributed by atoms with van der Waals surface area (Å²) in [6.45, 7) is 4.24. The Morgan fingerprint density at radius 2 is 2.00 bits per heavy atom. The van der Waals surface area contributed by atoms with Gasteiger partial charge in [-0.1, -0.05) is 6.92 Å². The number of methoxy groups -OCH3 is 2. The van der Waals surface area contributed by atoms with Gasteiger partial charge in [0.05, 0.1) is 5.60 Å². The second kappa shape index (κ2) is 4.78. The summed E-state index contributed by atoms with van der Waals surface area (Å²) in [4.78, 5) is 0. The standard InChI is InChI=1S/C8H19BO2/c1-5-8(2,11-4)6-7(9)10-3/h7H,5-6,9H2,1-4H3/t7?,8-/m0/s1. The molecule has 0 aliphatic carbocycles. The van der Waals surface area contributed by atoms with E-state index >= 15 is 0 Å². The molecule has 0 radical (unpaired) electrons. The Morgan fingerprint density at radius 3 is 2.27 bits per heavy atom. The lowest BCUT2D eigenvalue weighted by Gasteiger charge is -2.29. The summed E-state index contributed by atoms with van der Waals surface area (Å²) >= 11 is 0. The van der Waals surface area contributed by atoms with Crippen molar-refractivity contribution in [2.75, 3.05) is 14.2 Å². The quantitative estimate of drug-likeness (QED) is 0.551. The number of rotatable bonds is 5. The zero-order chi connectivity index (χ0) is 8.91. The molecule has 0 amide bonds. The normalized spacial score (nSPS) is 19.3. The fraction of sp³-hybridized carbons (Fsp3) is 1.00. The molecule has 1 unspecified atom stereocenters. The first-order chi connectivity index (χ1) is 5.08. The highest BCUT2D eigenvalue weighted by molar-refractivity contribution is 6.11. The predicted octanol–water partition coefficient (Wildman–Crippen LogP) is 0.797. The van der Waals surface area contributed by atoms with E-state index in [1.54, 1.807) is 14.2 Å². The number of ether oxygens (including phenoxy) is 2. The van der Waals surface area contributed by atoms with Crippen LogP contribution in [0.4, 0.5) is 0 Å². The van der Waals surface area contributed by atoms with E-state index in [1.807, 2.05) is 0 Å². The van der Waals surface area contributed by atoms with Gasteiger partial charge in [0, 0.05) is 20.2 Å². The second-order valence-corrected chi connectivity index (χ2v) is 3.26. The highest BCUT2D eigenvalue weighted by Crippen LogP contribution is 2.20. The van der Waals surface area contributed by atoms with Gasteiger partial charge in [0.1, 0.15) is 7.85 Å². The zero-order valence-corrected chi connectivity index (χ0v) is 8.31. The fourth-order valence-electron chi connectivity index (χ4n) is 1.06. The molecule has 0 aliphatic rings. The van der Waals surface area contributed by atoms with Gasteiger partial charge < -0.3 is 9.47 Å². The average molecular weight is 158 g/mol. The van der Waals surface area contributed by atoms with E-state index in [1.165, 1.54) is 0 Å². The molecule has 0 aromatic rings. The summed E-state index contributed by atoms with van der Waals surface area (Å²) in [5, 5.41) is 0. The highest BCUT2D eigenvalue weighted by atomic mass is 16.5. The molecule has 0 aliphatic heterocycles. The number of hydrogen-bond donors (Lipinski definition) is 0. The van der Waals surface area contributed by atoms with Crippen molar-refractivity contribution in [2.45, 2.75) is 38.3 Å². The fourth-order valence-corrected chi connectivity index (χ4v) is 1.06. The topological polar surface area (TPSA) is 18.5 Å². The van der Waals surface area contributed by atoms with Gasteiger partial charge in [-0.15, -0.1) is 0 Å². The van der Waals surface area contributed by atoms with Crippen molar-refractivity contribution in [1.29, 1.82) is 0 Å². The summed E-state index contributed by atoms with van der Waals surface area (Å²) in [6.07, 6.45) is 1.98. The molecule has 0 saturated heterocycles. The van der Waals surface area contributed by atoms with Crippen LogP contribution in [0, 0.1) is 0 Å². The maximum atomic E-state index is 5.38. The molecule has 0 fully saturated rings. The Kier molecular flexibility index (Phi) is 4.77. The van der Waals surface area contributed by atoms with Crippen LogP contribution in [0.1, 0.15) is 26.7 Å². The smallest absolute Gasteiger partial charge is 0.139 e. The zero-order valence-electron chi connectivity index (χ0n) is 8.31. The van der Waals surface area contributed by atoms with Crippen LogP contribution in [0.5, 0.6) is 0 Å². The first-order valence-corrected chi connectivity index (χ1v) is 4.16. The summed E-state index contributed by atoms with van der Waals surface area (Å²) in [5.41, 5.74) is -0.0184. The second-order valence-electron chi connectivity index (χ2n) is 3.26. The van der Waals surface area contributed by atoms with Gasteiger partial charge in [0.25, 0.3) is 0 Å². The number of hydrogen-bond acceptors (Lipinski definition) is 2. The summed E-state index contributed by atoms with van der Waals surface area (Å²) in [7, 11) is 5.55. The first-order valence-electron chi connectivity index (χ1n) is 4.16. The molecule has 0 aromatic carbocycles. The average Bonchev–Trinajstić information content (AvgIpc) is 2.04. The highest BCUT2D eigenvalue weighted by Gasteiger charge is 2.23. The van der Waals surface area contributed by atoms with Crippen molar-refractivity contribution in [3.63, 3.8) is 0 Å². The largest absolute Gasteiger partial charge is 0.390 e. The molecule has 0 rings (SSSR count). The monoisotopic (exact) mass is 158 g/mol. The van der Waals surface area contributed by atoms with E-state index in [9.17, 15) is 0 Å². The molecular formula is C8H19BO2. The van der Waals surface area contributed by atoms with E-state index in [2.05, 4.69) is 21.7 Å².